The number of likely N-dealkylation sites (tertiary alicyclic amines) is 1. The van der Waals surface area contributed by atoms with Crippen LogP contribution in [-0.2, 0) is 11.8 Å². The second kappa shape index (κ2) is 5.78. The summed E-state index contributed by atoms with van der Waals surface area (Å²) < 4.78 is 1.68. The minimum absolute atomic E-state index is 0.107. The first kappa shape index (κ1) is 14.8. The van der Waals surface area contributed by atoms with Gasteiger partial charge in [0.05, 0.1) is 11.3 Å². The molecule has 1 aliphatic rings. The lowest BCUT2D eigenvalue weighted by Crippen LogP contribution is -2.40. The van der Waals surface area contributed by atoms with E-state index >= 15 is 0 Å². The summed E-state index contributed by atoms with van der Waals surface area (Å²) in [4.78, 5) is 14.5. The van der Waals surface area contributed by atoms with E-state index in [1.807, 2.05) is 25.8 Å². The van der Waals surface area contributed by atoms with Crippen molar-refractivity contribution in [2.75, 3.05) is 18.4 Å². The first-order chi connectivity index (χ1) is 9.41. The van der Waals surface area contributed by atoms with E-state index in [4.69, 9.17) is 18.0 Å². The van der Waals surface area contributed by atoms with E-state index in [1.54, 1.807) is 4.68 Å². The van der Waals surface area contributed by atoms with Gasteiger partial charge in [0, 0.05) is 20.1 Å². The Kier molecular flexibility index (Phi) is 4.27. The number of rotatable bonds is 4. The maximum atomic E-state index is 12.3. The SMILES string of the molecule is Cc1nn(C)c(NC(C)C(=O)N2CCCC2)c1C(N)=S. The molecule has 0 radical (unpaired) electrons. The summed E-state index contributed by atoms with van der Waals surface area (Å²) in [6, 6.07) is -0.323. The third-order valence-corrected chi connectivity index (χ3v) is 3.81. The summed E-state index contributed by atoms with van der Waals surface area (Å²) in [6.45, 7) is 5.40. The van der Waals surface area contributed by atoms with Gasteiger partial charge in [-0.1, -0.05) is 12.2 Å². The van der Waals surface area contributed by atoms with E-state index in [0.717, 1.165) is 31.6 Å². The highest BCUT2D eigenvalue weighted by molar-refractivity contribution is 7.80. The normalized spacial score (nSPS) is 16.2. The predicted molar refractivity (Wildman–Crippen MR) is 82.7 cm³/mol. The molecule has 1 aromatic heterocycles. The van der Waals surface area contributed by atoms with Crippen LogP contribution in [0.25, 0.3) is 0 Å². The number of nitrogens with two attached hydrogens (primary N) is 1. The molecule has 0 bridgehead atoms. The molecule has 1 fully saturated rings. The molecule has 110 valence electrons. The van der Waals surface area contributed by atoms with Crippen LogP contribution < -0.4 is 11.1 Å². The molecule has 1 unspecified atom stereocenters. The first-order valence-corrected chi connectivity index (χ1v) is 7.21. The van der Waals surface area contributed by atoms with Gasteiger partial charge in [0.2, 0.25) is 5.91 Å². The maximum absolute atomic E-state index is 12.3. The number of hydrogen-bond acceptors (Lipinski definition) is 4. The lowest BCUT2D eigenvalue weighted by atomic mass is 10.2. The van der Waals surface area contributed by atoms with E-state index in [-0.39, 0.29) is 11.9 Å². The van der Waals surface area contributed by atoms with Crippen LogP contribution in [0.15, 0.2) is 0 Å². The maximum Gasteiger partial charge on any atom is 0.244 e. The van der Waals surface area contributed by atoms with Crippen molar-refractivity contribution in [1.82, 2.24) is 14.7 Å². The molecule has 1 amide bonds. The van der Waals surface area contributed by atoms with Crippen molar-refractivity contribution in [2.24, 2.45) is 12.8 Å². The van der Waals surface area contributed by atoms with E-state index in [0.29, 0.717) is 16.4 Å². The third-order valence-electron chi connectivity index (χ3n) is 3.61. The van der Waals surface area contributed by atoms with Gasteiger partial charge in [-0.3, -0.25) is 9.48 Å². The van der Waals surface area contributed by atoms with Gasteiger partial charge >= 0.3 is 0 Å². The molecule has 20 heavy (non-hydrogen) atoms. The number of aromatic nitrogens is 2. The zero-order valence-electron chi connectivity index (χ0n) is 12.1. The number of nitrogens with zero attached hydrogens (tertiary/aromatic N) is 3. The van der Waals surface area contributed by atoms with E-state index in [1.165, 1.54) is 0 Å². The van der Waals surface area contributed by atoms with Crippen LogP contribution in [0.5, 0.6) is 0 Å². The Morgan fingerprint density at radius 1 is 1.45 bits per heavy atom. The van der Waals surface area contributed by atoms with Crippen LogP contribution in [0.4, 0.5) is 5.82 Å². The molecular weight excluding hydrogens is 274 g/mol. The van der Waals surface area contributed by atoms with E-state index < -0.39 is 0 Å². The molecule has 6 nitrogen and oxygen atoms in total. The van der Waals surface area contributed by atoms with E-state index in [9.17, 15) is 4.79 Å². The van der Waals surface area contributed by atoms with Gasteiger partial charge in [-0.05, 0) is 26.7 Å². The number of anilines is 1. The summed E-state index contributed by atoms with van der Waals surface area (Å²) in [5.74, 6) is 0.810. The number of carbonyl (C=O) groups is 1. The summed E-state index contributed by atoms with van der Waals surface area (Å²) >= 11 is 5.07. The average molecular weight is 295 g/mol. The Hall–Kier alpha value is -1.63. The second-order valence-corrected chi connectivity index (χ2v) is 5.64. The van der Waals surface area contributed by atoms with Gasteiger partial charge in [0.1, 0.15) is 16.8 Å². The van der Waals surface area contributed by atoms with E-state index in [2.05, 4.69) is 10.4 Å². The molecule has 1 atom stereocenters. The summed E-state index contributed by atoms with van der Waals surface area (Å²) in [5.41, 5.74) is 7.22. The van der Waals surface area contributed by atoms with Crippen molar-refractivity contribution < 1.29 is 4.79 Å². The molecule has 0 aliphatic carbocycles. The topological polar surface area (TPSA) is 76.2 Å². The van der Waals surface area contributed by atoms with Crippen LogP contribution in [0.1, 0.15) is 31.0 Å². The Morgan fingerprint density at radius 2 is 2.05 bits per heavy atom. The van der Waals surface area contributed by atoms with Crippen LogP contribution in [0.2, 0.25) is 0 Å². The quantitative estimate of drug-likeness (QED) is 0.803. The van der Waals surface area contributed by atoms with Crippen molar-refractivity contribution in [2.45, 2.75) is 32.7 Å². The Labute approximate surface area is 124 Å². The monoisotopic (exact) mass is 295 g/mol. The molecule has 7 heteroatoms. The largest absolute Gasteiger partial charge is 0.389 e. The lowest BCUT2D eigenvalue weighted by Gasteiger charge is -2.22. The standard InChI is InChI=1S/C13H21N5OS/c1-8-10(11(14)20)12(17(3)16-8)15-9(2)13(19)18-6-4-5-7-18/h9,15H,4-7H2,1-3H3,(H2,14,20). The van der Waals surface area contributed by atoms with Crippen molar-refractivity contribution in [3.05, 3.63) is 11.3 Å². The number of thiocarbonyl (C=S) groups is 1. The molecule has 0 saturated carbocycles. The van der Waals surface area contributed by atoms with Crippen LogP contribution in [-0.4, -0.2) is 44.7 Å². The summed E-state index contributed by atoms with van der Waals surface area (Å²) in [7, 11) is 1.81. The first-order valence-electron chi connectivity index (χ1n) is 6.80. The minimum atomic E-state index is -0.323. The van der Waals surface area contributed by atoms with Gasteiger partial charge in [0.25, 0.3) is 0 Å². The Morgan fingerprint density at radius 3 is 2.60 bits per heavy atom. The van der Waals surface area contributed by atoms with Gasteiger partial charge < -0.3 is 16.0 Å². The minimum Gasteiger partial charge on any atom is -0.389 e. The summed E-state index contributed by atoms with van der Waals surface area (Å²) in [5, 5.41) is 7.50. The molecule has 3 N–H and O–H groups in total. The second-order valence-electron chi connectivity index (χ2n) is 5.20. The number of hydrogen-bond donors (Lipinski definition) is 2. The fourth-order valence-corrected chi connectivity index (χ4v) is 2.84. The molecule has 2 heterocycles. The molecular formula is C13H21N5OS. The molecule has 1 saturated heterocycles. The fraction of sp³-hybridized carbons (Fsp3) is 0.615. The van der Waals surface area contributed by atoms with Crippen LogP contribution in [0, 0.1) is 6.92 Å². The van der Waals surface area contributed by atoms with Gasteiger partial charge in [-0.25, -0.2) is 0 Å². The van der Waals surface area contributed by atoms with Crippen molar-refractivity contribution in [3.8, 4) is 0 Å². The zero-order valence-corrected chi connectivity index (χ0v) is 13.0. The van der Waals surface area contributed by atoms with Crippen molar-refractivity contribution in [1.29, 1.82) is 0 Å². The highest BCUT2D eigenvalue weighted by Crippen LogP contribution is 2.20. The molecule has 2 rings (SSSR count). The molecule has 1 aliphatic heterocycles. The zero-order chi connectivity index (χ0) is 14.9. The van der Waals surface area contributed by atoms with Crippen LogP contribution in [0.3, 0.4) is 0 Å². The number of nitrogens with one attached hydrogen (secondary N) is 1. The molecule has 1 aromatic rings. The molecule has 0 spiro atoms. The number of amides is 1. The van der Waals surface area contributed by atoms with Crippen LogP contribution >= 0.6 is 12.2 Å². The van der Waals surface area contributed by atoms with Gasteiger partial charge in [-0.15, -0.1) is 0 Å². The summed E-state index contributed by atoms with van der Waals surface area (Å²) in [6.07, 6.45) is 2.17. The average Bonchev–Trinajstić information content (AvgIpc) is 2.97. The predicted octanol–water partition coefficient (Wildman–Crippen LogP) is 0.786. The highest BCUT2D eigenvalue weighted by Gasteiger charge is 2.25. The third kappa shape index (κ3) is 2.77. The highest BCUT2D eigenvalue weighted by atomic mass is 32.1. The molecule has 0 aromatic carbocycles. The number of carbonyl (C=O) groups excluding carboxylic acids is 1. The smallest absolute Gasteiger partial charge is 0.244 e. The van der Waals surface area contributed by atoms with Crippen molar-refractivity contribution in [3.63, 3.8) is 0 Å². The van der Waals surface area contributed by atoms with Gasteiger partial charge in [-0.2, -0.15) is 5.10 Å². The lowest BCUT2D eigenvalue weighted by molar-refractivity contribution is -0.130. The van der Waals surface area contributed by atoms with Gasteiger partial charge in [0.15, 0.2) is 0 Å². The fourth-order valence-electron chi connectivity index (χ4n) is 2.60. The van der Waals surface area contributed by atoms with Crippen molar-refractivity contribution >= 4 is 28.9 Å². The Balaban J connectivity index is 2.17. The Bertz CT molecular complexity index is 533. The number of aryl methyl sites for hydroxylation is 2.